The summed E-state index contributed by atoms with van der Waals surface area (Å²) in [7, 11) is 1.41. The molecule has 3 heterocycles. The number of fused-ring (bicyclic) bond motifs is 3. The van der Waals surface area contributed by atoms with Crippen molar-refractivity contribution in [2.75, 3.05) is 19.0 Å². The van der Waals surface area contributed by atoms with Gasteiger partial charge in [-0.05, 0) is 31.0 Å². The third-order valence-electron chi connectivity index (χ3n) is 6.45. The van der Waals surface area contributed by atoms with E-state index in [-0.39, 0.29) is 29.4 Å². The first-order chi connectivity index (χ1) is 16.1. The summed E-state index contributed by atoms with van der Waals surface area (Å²) >= 11 is 0. The monoisotopic (exact) mass is 475 g/mol. The third kappa shape index (κ3) is 3.78. The standard InChI is InChI=1S/C22H20F3N5O4/c1-34-18-8-15-11(10-30(28-15)17-7-13-5-12(17)9-29(13)21(32)33)6-16(18)27-20(31)14-3-2-4-19(26-14)22(23,24)25/h2-4,6,8,10,12-13,17H,5,7,9H2,1H3,(H,27,31)(H,32,33)/t12-,13-,17-/m0/s1. The zero-order valence-corrected chi connectivity index (χ0v) is 17.9. The highest BCUT2D eigenvalue weighted by Crippen LogP contribution is 2.45. The number of pyridine rings is 1. The fourth-order valence-electron chi connectivity index (χ4n) is 4.90. The molecule has 2 bridgehead atoms. The van der Waals surface area contributed by atoms with Gasteiger partial charge in [-0.3, -0.25) is 9.48 Å². The number of carboxylic acid groups (broad SMARTS) is 1. The number of rotatable bonds is 4. The molecule has 2 aliphatic rings. The van der Waals surface area contributed by atoms with Gasteiger partial charge in [-0.2, -0.15) is 18.3 Å². The lowest BCUT2D eigenvalue weighted by Gasteiger charge is -2.29. The van der Waals surface area contributed by atoms with Gasteiger partial charge in [0.1, 0.15) is 17.1 Å². The van der Waals surface area contributed by atoms with Crippen molar-refractivity contribution in [3.63, 3.8) is 0 Å². The van der Waals surface area contributed by atoms with E-state index < -0.39 is 23.9 Å². The number of nitrogens with zero attached hydrogens (tertiary/aromatic N) is 4. The number of carbonyl (C=O) groups is 2. The second-order valence-corrected chi connectivity index (χ2v) is 8.47. The molecule has 2 amide bonds. The van der Waals surface area contributed by atoms with E-state index in [1.807, 2.05) is 10.9 Å². The molecular formula is C22H20F3N5O4. The van der Waals surface area contributed by atoms with Crippen molar-refractivity contribution in [3.05, 3.63) is 47.9 Å². The van der Waals surface area contributed by atoms with E-state index in [4.69, 9.17) is 4.74 Å². The number of likely N-dealkylation sites (tertiary alicyclic amines) is 1. The Morgan fingerprint density at radius 2 is 2.03 bits per heavy atom. The Hall–Kier alpha value is -3.83. The van der Waals surface area contributed by atoms with Crippen LogP contribution in [0.5, 0.6) is 5.75 Å². The van der Waals surface area contributed by atoms with Gasteiger partial charge in [0.15, 0.2) is 0 Å². The van der Waals surface area contributed by atoms with Crippen LogP contribution in [0, 0.1) is 5.92 Å². The molecule has 1 saturated heterocycles. The van der Waals surface area contributed by atoms with Crippen LogP contribution >= 0.6 is 0 Å². The number of piperidine rings is 1. The molecule has 0 radical (unpaired) electrons. The lowest BCUT2D eigenvalue weighted by atomic mass is 10.0. The first-order valence-electron chi connectivity index (χ1n) is 10.6. The average molecular weight is 475 g/mol. The molecule has 1 saturated carbocycles. The largest absolute Gasteiger partial charge is 0.494 e. The molecule has 1 aromatic carbocycles. The minimum absolute atomic E-state index is 0.0239. The fourth-order valence-corrected chi connectivity index (χ4v) is 4.90. The molecule has 2 aromatic heterocycles. The molecule has 5 rings (SSSR count). The smallest absolute Gasteiger partial charge is 0.433 e. The number of nitrogens with one attached hydrogen (secondary N) is 1. The molecule has 0 spiro atoms. The summed E-state index contributed by atoms with van der Waals surface area (Å²) < 4.78 is 46.0. The zero-order valence-electron chi connectivity index (χ0n) is 17.9. The number of anilines is 1. The molecule has 178 valence electrons. The number of carbonyl (C=O) groups excluding carboxylic acids is 1. The van der Waals surface area contributed by atoms with Gasteiger partial charge in [0.2, 0.25) is 0 Å². The summed E-state index contributed by atoms with van der Waals surface area (Å²) in [5, 5.41) is 17.2. The fraction of sp³-hybridized carbons (Fsp3) is 0.364. The number of alkyl halides is 3. The van der Waals surface area contributed by atoms with Crippen molar-refractivity contribution in [1.82, 2.24) is 19.7 Å². The van der Waals surface area contributed by atoms with E-state index in [1.54, 1.807) is 12.1 Å². The summed E-state index contributed by atoms with van der Waals surface area (Å²) in [5.41, 5.74) is -0.650. The van der Waals surface area contributed by atoms with E-state index in [2.05, 4.69) is 15.4 Å². The number of amides is 2. The van der Waals surface area contributed by atoms with Crippen molar-refractivity contribution < 1.29 is 32.6 Å². The van der Waals surface area contributed by atoms with Crippen LogP contribution in [0.3, 0.4) is 0 Å². The summed E-state index contributed by atoms with van der Waals surface area (Å²) in [4.78, 5) is 28.8. The van der Waals surface area contributed by atoms with Gasteiger partial charge < -0.3 is 20.1 Å². The van der Waals surface area contributed by atoms with Crippen LogP contribution in [-0.4, -0.2) is 56.5 Å². The van der Waals surface area contributed by atoms with E-state index in [1.165, 1.54) is 18.1 Å². The van der Waals surface area contributed by atoms with Crippen LogP contribution in [0.25, 0.3) is 10.9 Å². The van der Waals surface area contributed by atoms with Crippen molar-refractivity contribution in [2.24, 2.45) is 5.92 Å². The summed E-state index contributed by atoms with van der Waals surface area (Å²) in [6, 6.07) is 6.43. The molecule has 12 heteroatoms. The van der Waals surface area contributed by atoms with E-state index in [0.29, 0.717) is 29.6 Å². The minimum Gasteiger partial charge on any atom is -0.494 e. The molecular weight excluding hydrogens is 455 g/mol. The third-order valence-corrected chi connectivity index (χ3v) is 6.45. The SMILES string of the molecule is COc1cc2nn([C@H]3C[C@@H]4C[C@H]3CN4C(=O)O)cc2cc1NC(=O)c1cccc(C(F)(F)F)n1. The van der Waals surface area contributed by atoms with Crippen LogP contribution in [-0.2, 0) is 6.18 Å². The first-order valence-corrected chi connectivity index (χ1v) is 10.6. The Bertz CT molecular complexity index is 1290. The summed E-state index contributed by atoms with van der Waals surface area (Å²) in [6.07, 6.45) is -2.28. The van der Waals surface area contributed by atoms with Crippen LogP contribution in [0.15, 0.2) is 36.5 Å². The Kier molecular flexibility index (Phi) is 5.10. The van der Waals surface area contributed by atoms with Crippen LogP contribution in [0.1, 0.15) is 35.1 Å². The topological polar surface area (TPSA) is 110 Å². The van der Waals surface area contributed by atoms with Crippen molar-refractivity contribution in [3.8, 4) is 5.75 Å². The van der Waals surface area contributed by atoms with Gasteiger partial charge in [-0.1, -0.05) is 6.07 Å². The molecule has 3 atom stereocenters. The van der Waals surface area contributed by atoms with E-state index in [9.17, 15) is 27.9 Å². The lowest BCUT2D eigenvalue weighted by Crippen LogP contribution is -2.39. The molecule has 0 unspecified atom stereocenters. The van der Waals surface area contributed by atoms with Gasteiger partial charge >= 0.3 is 12.3 Å². The van der Waals surface area contributed by atoms with Crippen molar-refractivity contribution in [2.45, 2.75) is 31.1 Å². The quantitative estimate of drug-likeness (QED) is 0.590. The van der Waals surface area contributed by atoms with Gasteiger partial charge in [-0.25, -0.2) is 9.78 Å². The first kappa shape index (κ1) is 22.0. The minimum atomic E-state index is -4.66. The predicted octanol–water partition coefficient (Wildman–Crippen LogP) is 4.02. The molecule has 2 fully saturated rings. The van der Waals surface area contributed by atoms with Gasteiger partial charge in [0.25, 0.3) is 5.91 Å². The second-order valence-electron chi connectivity index (χ2n) is 8.47. The average Bonchev–Trinajstić information content (AvgIpc) is 3.51. The maximum atomic E-state index is 12.9. The maximum absolute atomic E-state index is 12.9. The molecule has 2 N–H and O–H groups in total. The Morgan fingerprint density at radius 1 is 1.24 bits per heavy atom. The Labute approximate surface area is 191 Å². The highest BCUT2D eigenvalue weighted by Gasteiger charge is 2.47. The molecule has 34 heavy (non-hydrogen) atoms. The number of benzene rings is 1. The second kappa shape index (κ2) is 7.89. The highest BCUT2D eigenvalue weighted by atomic mass is 19.4. The lowest BCUT2D eigenvalue weighted by molar-refractivity contribution is -0.141. The maximum Gasteiger partial charge on any atom is 0.433 e. The number of aromatic nitrogens is 3. The summed E-state index contributed by atoms with van der Waals surface area (Å²) in [5.74, 6) is -0.343. The predicted molar refractivity (Wildman–Crippen MR) is 114 cm³/mol. The van der Waals surface area contributed by atoms with E-state index in [0.717, 1.165) is 18.6 Å². The molecule has 1 aliphatic carbocycles. The van der Waals surface area contributed by atoms with E-state index >= 15 is 0 Å². The summed E-state index contributed by atoms with van der Waals surface area (Å²) in [6.45, 7) is 0.468. The van der Waals surface area contributed by atoms with Gasteiger partial charge in [0.05, 0.1) is 24.4 Å². The highest BCUT2D eigenvalue weighted by molar-refractivity contribution is 6.05. The number of ether oxygens (including phenoxy) is 1. The van der Waals surface area contributed by atoms with Crippen molar-refractivity contribution in [1.29, 1.82) is 0 Å². The molecule has 1 aliphatic heterocycles. The Morgan fingerprint density at radius 3 is 2.68 bits per heavy atom. The number of halogens is 3. The Balaban J connectivity index is 1.40. The molecule has 3 aromatic rings. The number of hydrogen-bond donors (Lipinski definition) is 2. The number of hydrogen-bond acceptors (Lipinski definition) is 5. The van der Waals surface area contributed by atoms with Crippen LogP contribution < -0.4 is 10.1 Å². The van der Waals surface area contributed by atoms with Crippen LogP contribution in [0.2, 0.25) is 0 Å². The van der Waals surface area contributed by atoms with Crippen molar-refractivity contribution >= 4 is 28.6 Å². The normalized spacial score (nSPS) is 21.8. The van der Waals surface area contributed by atoms with Gasteiger partial charge in [-0.15, -0.1) is 0 Å². The number of methoxy groups -OCH3 is 1. The molecule has 9 nitrogen and oxygen atoms in total. The van der Waals surface area contributed by atoms with Gasteiger partial charge in [0, 0.05) is 36.2 Å². The zero-order chi connectivity index (χ0) is 24.2. The van der Waals surface area contributed by atoms with Crippen LogP contribution in [0.4, 0.5) is 23.7 Å².